The van der Waals surface area contributed by atoms with Crippen LogP contribution in [0.4, 0.5) is 10.1 Å². The summed E-state index contributed by atoms with van der Waals surface area (Å²) in [5.41, 5.74) is -0.724. The van der Waals surface area contributed by atoms with Gasteiger partial charge in [0.05, 0.1) is 17.1 Å². The highest BCUT2D eigenvalue weighted by Crippen LogP contribution is 2.21. The van der Waals surface area contributed by atoms with E-state index < -0.39 is 28.4 Å². The molecule has 7 heteroatoms. The van der Waals surface area contributed by atoms with Gasteiger partial charge < -0.3 is 10.4 Å². The van der Waals surface area contributed by atoms with Crippen molar-refractivity contribution in [2.75, 3.05) is 0 Å². The molecule has 0 saturated heterocycles. The molecule has 0 heterocycles. The summed E-state index contributed by atoms with van der Waals surface area (Å²) >= 11 is 0. The predicted octanol–water partition coefficient (Wildman–Crippen LogP) is 1.77. The van der Waals surface area contributed by atoms with Crippen molar-refractivity contribution in [3.8, 4) is 0 Å². The Bertz CT molecular complexity index is 535. The lowest BCUT2D eigenvalue weighted by molar-refractivity contribution is -0.387. The molecular formula is C13H15FN2O4. The Labute approximate surface area is 114 Å². The summed E-state index contributed by atoms with van der Waals surface area (Å²) < 4.78 is 13.2. The number of aliphatic hydroxyl groups excluding tert-OH is 1. The van der Waals surface area contributed by atoms with Crippen molar-refractivity contribution in [3.63, 3.8) is 0 Å². The first-order valence-corrected chi connectivity index (χ1v) is 6.42. The zero-order valence-electron chi connectivity index (χ0n) is 10.7. The minimum absolute atomic E-state index is 0.0101. The third kappa shape index (κ3) is 3.11. The fourth-order valence-electron chi connectivity index (χ4n) is 2.33. The van der Waals surface area contributed by atoms with Gasteiger partial charge in [-0.05, 0) is 25.0 Å². The van der Waals surface area contributed by atoms with E-state index in [9.17, 15) is 24.4 Å². The summed E-state index contributed by atoms with van der Waals surface area (Å²) in [5, 5.41) is 23.0. The van der Waals surface area contributed by atoms with Crippen LogP contribution in [0.15, 0.2) is 18.2 Å². The number of nitrogens with one attached hydrogen (secondary N) is 1. The van der Waals surface area contributed by atoms with Gasteiger partial charge in [-0.3, -0.25) is 14.9 Å². The molecule has 1 aromatic rings. The lowest BCUT2D eigenvalue weighted by Gasteiger charge is -2.28. The van der Waals surface area contributed by atoms with Gasteiger partial charge in [0, 0.05) is 11.6 Å². The molecule has 1 saturated carbocycles. The SMILES string of the molecule is O=C(N[C@@H]1CCCC[C@H]1O)c1ccc(F)c([N+](=O)[O-])c1. The molecule has 0 aromatic heterocycles. The number of nitro groups is 1. The molecule has 20 heavy (non-hydrogen) atoms. The highest BCUT2D eigenvalue weighted by atomic mass is 19.1. The molecule has 2 atom stereocenters. The van der Waals surface area contributed by atoms with Crippen molar-refractivity contribution >= 4 is 11.6 Å². The number of carbonyl (C=O) groups is 1. The fraction of sp³-hybridized carbons (Fsp3) is 0.462. The van der Waals surface area contributed by atoms with Crippen LogP contribution in [0.2, 0.25) is 0 Å². The lowest BCUT2D eigenvalue weighted by atomic mass is 9.92. The van der Waals surface area contributed by atoms with Crippen molar-refractivity contribution in [1.82, 2.24) is 5.32 Å². The smallest absolute Gasteiger partial charge is 0.305 e. The highest BCUT2D eigenvalue weighted by molar-refractivity contribution is 5.95. The molecule has 1 aliphatic rings. The zero-order chi connectivity index (χ0) is 14.7. The van der Waals surface area contributed by atoms with Crippen LogP contribution in [-0.2, 0) is 0 Å². The number of hydrogen-bond acceptors (Lipinski definition) is 4. The van der Waals surface area contributed by atoms with Gasteiger partial charge in [0.25, 0.3) is 5.91 Å². The standard InChI is InChI=1S/C13H15FN2O4/c14-9-6-5-8(7-11(9)16(19)20)13(18)15-10-3-1-2-4-12(10)17/h5-7,10,12,17H,1-4H2,(H,15,18)/t10-,12-/m1/s1. The number of benzene rings is 1. The number of carbonyl (C=O) groups excluding carboxylic acids is 1. The zero-order valence-corrected chi connectivity index (χ0v) is 10.7. The summed E-state index contributed by atoms with van der Waals surface area (Å²) in [6, 6.07) is 2.62. The molecule has 108 valence electrons. The van der Waals surface area contributed by atoms with Crippen molar-refractivity contribution in [2.45, 2.75) is 37.8 Å². The Morgan fingerprint density at radius 2 is 2.10 bits per heavy atom. The van der Waals surface area contributed by atoms with Crippen LogP contribution in [0, 0.1) is 15.9 Å². The Kier molecular flexibility index (Phi) is 4.29. The first-order valence-electron chi connectivity index (χ1n) is 6.42. The van der Waals surface area contributed by atoms with E-state index in [-0.39, 0.29) is 11.6 Å². The van der Waals surface area contributed by atoms with E-state index in [0.717, 1.165) is 25.0 Å². The van der Waals surface area contributed by atoms with Gasteiger partial charge in [-0.25, -0.2) is 0 Å². The Morgan fingerprint density at radius 3 is 2.75 bits per heavy atom. The molecule has 2 rings (SSSR count). The molecule has 0 unspecified atom stereocenters. The summed E-state index contributed by atoms with van der Waals surface area (Å²) in [7, 11) is 0. The molecule has 6 nitrogen and oxygen atoms in total. The highest BCUT2D eigenvalue weighted by Gasteiger charge is 2.25. The van der Waals surface area contributed by atoms with E-state index in [4.69, 9.17) is 0 Å². The third-order valence-corrected chi connectivity index (χ3v) is 3.45. The van der Waals surface area contributed by atoms with Crippen molar-refractivity contribution < 1.29 is 19.2 Å². The van der Waals surface area contributed by atoms with Crippen molar-refractivity contribution in [1.29, 1.82) is 0 Å². The number of rotatable bonds is 3. The first kappa shape index (κ1) is 14.4. The van der Waals surface area contributed by atoms with Gasteiger partial charge in [0.1, 0.15) is 0 Å². The molecule has 0 bridgehead atoms. The van der Waals surface area contributed by atoms with Crippen LogP contribution >= 0.6 is 0 Å². The number of nitro benzene ring substituents is 1. The second-order valence-corrected chi connectivity index (χ2v) is 4.86. The van der Waals surface area contributed by atoms with Crippen LogP contribution in [0.3, 0.4) is 0 Å². The van der Waals surface area contributed by atoms with Crippen molar-refractivity contribution in [2.24, 2.45) is 0 Å². The maximum atomic E-state index is 13.2. The lowest BCUT2D eigenvalue weighted by Crippen LogP contribution is -2.45. The van der Waals surface area contributed by atoms with Crippen LogP contribution in [0.5, 0.6) is 0 Å². The Morgan fingerprint density at radius 1 is 1.40 bits per heavy atom. The average molecular weight is 282 g/mol. The summed E-state index contributed by atoms with van der Waals surface area (Å²) in [4.78, 5) is 21.7. The van der Waals surface area contributed by atoms with Gasteiger partial charge in [-0.2, -0.15) is 4.39 Å². The predicted molar refractivity (Wildman–Crippen MR) is 68.8 cm³/mol. The van der Waals surface area contributed by atoms with E-state index >= 15 is 0 Å². The number of halogens is 1. The molecule has 0 radical (unpaired) electrons. The molecule has 0 spiro atoms. The monoisotopic (exact) mass is 282 g/mol. The van der Waals surface area contributed by atoms with Gasteiger partial charge in [0.2, 0.25) is 5.82 Å². The molecule has 1 fully saturated rings. The molecule has 1 aliphatic carbocycles. The van der Waals surface area contributed by atoms with Crippen LogP contribution in [-0.4, -0.2) is 28.1 Å². The minimum Gasteiger partial charge on any atom is -0.391 e. The van der Waals surface area contributed by atoms with Crippen LogP contribution in [0.1, 0.15) is 36.0 Å². The van der Waals surface area contributed by atoms with Gasteiger partial charge in [-0.15, -0.1) is 0 Å². The Hall–Kier alpha value is -2.02. The second kappa shape index (κ2) is 5.96. The normalized spacial score (nSPS) is 22.3. The van der Waals surface area contributed by atoms with E-state index in [1.54, 1.807) is 0 Å². The second-order valence-electron chi connectivity index (χ2n) is 4.86. The largest absolute Gasteiger partial charge is 0.391 e. The Balaban J connectivity index is 2.13. The summed E-state index contributed by atoms with van der Waals surface area (Å²) in [5.74, 6) is -1.52. The first-order chi connectivity index (χ1) is 9.49. The third-order valence-electron chi connectivity index (χ3n) is 3.45. The quantitative estimate of drug-likeness (QED) is 0.652. The minimum atomic E-state index is -0.982. The molecule has 1 aromatic carbocycles. The van der Waals surface area contributed by atoms with Gasteiger partial charge in [-0.1, -0.05) is 12.8 Å². The maximum Gasteiger partial charge on any atom is 0.305 e. The number of amides is 1. The number of nitrogens with zero attached hydrogens (tertiary/aromatic N) is 1. The molecule has 1 amide bonds. The maximum absolute atomic E-state index is 13.2. The van der Waals surface area contributed by atoms with Crippen molar-refractivity contribution in [3.05, 3.63) is 39.7 Å². The average Bonchev–Trinajstić information content (AvgIpc) is 2.41. The summed E-state index contributed by atoms with van der Waals surface area (Å²) in [6.07, 6.45) is 2.49. The molecular weight excluding hydrogens is 267 g/mol. The molecule has 0 aliphatic heterocycles. The molecule has 2 N–H and O–H groups in total. The van der Waals surface area contributed by atoms with E-state index in [1.807, 2.05) is 0 Å². The number of aliphatic hydroxyl groups is 1. The van der Waals surface area contributed by atoms with Gasteiger partial charge >= 0.3 is 5.69 Å². The van der Waals surface area contributed by atoms with E-state index in [0.29, 0.717) is 12.8 Å². The van der Waals surface area contributed by atoms with E-state index in [1.165, 1.54) is 6.07 Å². The van der Waals surface area contributed by atoms with Crippen LogP contribution < -0.4 is 5.32 Å². The van der Waals surface area contributed by atoms with Gasteiger partial charge in [0.15, 0.2) is 0 Å². The summed E-state index contributed by atoms with van der Waals surface area (Å²) in [6.45, 7) is 0. The number of hydrogen-bond donors (Lipinski definition) is 2. The topological polar surface area (TPSA) is 92.5 Å². The fourth-order valence-corrected chi connectivity index (χ4v) is 2.33. The van der Waals surface area contributed by atoms with E-state index in [2.05, 4.69) is 5.32 Å². The van der Waals surface area contributed by atoms with Crippen LogP contribution in [0.25, 0.3) is 0 Å².